The number of aliphatic imine (C=N–C) groups is 1. The molecule has 0 radical (unpaired) electrons. The average molecular weight is 467 g/mol. The Kier molecular flexibility index (Phi) is 5.21. The van der Waals surface area contributed by atoms with Crippen LogP contribution in [0.25, 0.3) is 0 Å². The molecule has 4 aliphatic rings. The van der Waals surface area contributed by atoms with Crippen molar-refractivity contribution >= 4 is 29.9 Å². The first-order valence-corrected chi connectivity index (χ1v) is 9.97. The second-order valence-corrected chi connectivity index (χ2v) is 8.34. The zero-order valence-corrected chi connectivity index (χ0v) is 17.9. The topological polar surface area (TPSA) is 36.9 Å². The third-order valence-electron chi connectivity index (χ3n) is 7.29. The molecule has 0 aromatic heterocycles. The molecular weight excluding hydrogens is 437 g/mol. The summed E-state index contributed by atoms with van der Waals surface area (Å²) in [5.41, 5.74) is 1.87. The molecule has 1 spiro atoms. The third-order valence-corrected chi connectivity index (χ3v) is 7.29. The number of likely N-dealkylation sites (tertiary alicyclic amines) is 1. The highest BCUT2D eigenvalue weighted by molar-refractivity contribution is 14.0. The van der Waals surface area contributed by atoms with Gasteiger partial charge in [-0.3, -0.25) is 4.99 Å². The average Bonchev–Trinajstić information content (AvgIpc) is 3.24. The Morgan fingerprint density at radius 1 is 1.23 bits per heavy atom. The number of hydrogen-bond acceptors (Lipinski definition) is 2. The molecule has 1 aromatic rings. The monoisotopic (exact) mass is 467 g/mol. The molecule has 2 saturated carbocycles. The van der Waals surface area contributed by atoms with E-state index < -0.39 is 0 Å². The van der Waals surface area contributed by atoms with Crippen molar-refractivity contribution in [3.05, 3.63) is 35.9 Å². The Bertz CT molecular complexity index is 660. The first-order chi connectivity index (χ1) is 12.3. The van der Waals surface area contributed by atoms with Crippen molar-refractivity contribution in [3.63, 3.8) is 0 Å². The van der Waals surface area contributed by atoms with Gasteiger partial charge in [0.05, 0.1) is 6.10 Å². The van der Waals surface area contributed by atoms with E-state index in [0.29, 0.717) is 29.4 Å². The standard InChI is InChI=1S/C21H29N3O.HI/c1-22-20(24-12-8-16(14-24)15-6-3-2-4-7-15)23-18-17-9-13-25-19(17)21(18)10-5-11-21;/h2-4,6-7,16-19H,5,8-14H2,1H3,(H,22,23);1H. The van der Waals surface area contributed by atoms with Gasteiger partial charge in [0.25, 0.3) is 0 Å². The highest BCUT2D eigenvalue weighted by Crippen LogP contribution is 2.62. The molecule has 1 N–H and O–H groups in total. The van der Waals surface area contributed by atoms with Crippen molar-refractivity contribution in [2.24, 2.45) is 16.3 Å². The fraction of sp³-hybridized carbons (Fsp3) is 0.667. The van der Waals surface area contributed by atoms with Gasteiger partial charge >= 0.3 is 0 Å². The number of hydrogen-bond donors (Lipinski definition) is 1. The van der Waals surface area contributed by atoms with Crippen LogP contribution in [0.3, 0.4) is 0 Å². The number of guanidine groups is 1. The molecule has 2 heterocycles. The van der Waals surface area contributed by atoms with Gasteiger partial charge in [0, 0.05) is 50.0 Å². The van der Waals surface area contributed by atoms with Gasteiger partial charge < -0.3 is 15.0 Å². The molecule has 5 rings (SSSR count). The molecular formula is C21H30IN3O. The SMILES string of the molecule is CN=C(NC1C2CCOC2C12CCC2)N1CCC(c2ccccc2)C1.I. The Balaban J connectivity index is 0.00000168. The van der Waals surface area contributed by atoms with Crippen molar-refractivity contribution in [1.29, 1.82) is 0 Å². The molecule has 2 aliphatic carbocycles. The molecule has 0 amide bonds. The van der Waals surface area contributed by atoms with Gasteiger partial charge in [0.15, 0.2) is 5.96 Å². The van der Waals surface area contributed by atoms with Crippen LogP contribution in [0, 0.1) is 11.3 Å². The number of halogens is 1. The van der Waals surface area contributed by atoms with Gasteiger partial charge in [-0.05, 0) is 31.2 Å². The Morgan fingerprint density at radius 2 is 2.04 bits per heavy atom. The molecule has 1 aromatic carbocycles. The van der Waals surface area contributed by atoms with Crippen LogP contribution < -0.4 is 5.32 Å². The summed E-state index contributed by atoms with van der Waals surface area (Å²) < 4.78 is 6.06. The molecule has 2 saturated heterocycles. The van der Waals surface area contributed by atoms with Gasteiger partial charge in [-0.15, -0.1) is 24.0 Å². The smallest absolute Gasteiger partial charge is 0.193 e. The predicted octanol–water partition coefficient (Wildman–Crippen LogP) is 3.63. The second kappa shape index (κ2) is 7.30. The normalized spacial score (nSPS) is 34.7. The van der Waals surface area contributed by atoms with E-state index in [0.717, 1.165) is 25.7 Å². The van der Waals surface area contributed by atoms with E-state index in [4.69, 9.17) is 4.74 Å². The zero-order chi connectivity index (χ0) is 16.9. The summed E-state index contributed by atoms with van der Waals surface area (Å²) in [5, 5.41) is 3.88. The van der Waals surface area contributed by atoms with E-state index in [2.05, 4.69) is 45.5 Å². The highest BCUT2D eigenvalue weighted by atomic mass is 127. The third kappa shape index (κ3) is 2.77. The van der Waals surface area contributed by atoms with Crippen molar-refractivity contribution in [2.75, 3.05) is 26.7 Å². The highest BCUT2D eigenvalue weighted by Gasteiger charge is 2.66. The van der Waals surface area contributed by atoms with E-state index in [1.165, 1.54) is 37.7 Å². The lowest BCUT2D eigenvalue weighted by Gasteiger charge is -2.63. The van der Waals surface area contributed by atoms with Crippen LogP contribution >= 0.6 is 24.0 Å². The summed E-state index contributed by atoms with van der Waals surface area (Å²) in [6.07, 6.45) is 6.98. The van der Waals surface area contributed by atoms with Crippen LogP contribution in [-0.2, 0) is 4.74 Å². The van der Waals surface area contributed by atoms with Gasteiger partial charge in [0.2, 0.25) is 0 Å². The maximum absolute atomic E-state index is 6.06. The van der Waals surface area contributed by atoms with Crippen molar-refractivity contribution in [1.82, 2.24) is 10.2 Å². The van der Waals surface area contributed by atoms with Crippen LogP contribution in [-0.4, -0.2) is 49.7 Å². The van der Waals surface area contributed by atoms with E-state index in [9.17, 15) is 0 Å². The van der Waals surface area contributed by atoms with Crippen LogP contribution in [0.15, 0.2) is 35.3 Å². The van der Waals surface area contributed by atoms with Gasteiger partial charge in [-0.25, -0.2) is 0 Å². The Labute approximate surface area is 173 Å². The Morgan fingerprint density at radius 3 is 2.73 bits per heavy atom. The Hall–Kier alpha value is -0.820. The molecule has 4 unspecified atom stereocenters. The van der Waals surface area contributed by atoms with E-state index in [1.807, 2.05) is 7.05 Å². The van der Waals surface area contributed by atoms with E-state index in [-0.39, 0.29) is 24.0 Å². The quantitative estimate of drug-likeness (QED) is 0.410. The molecule has 4 fully saturated rings. The van der Waals surface area contributed by atoms with Crippen LogP contribution in [0.2, 0.25) is 0 Å². The van der Waals surface area contributed by atoms with Crippen LogP contribution in [0.5, 0.6) is 0 Å². The van der Waals surface area contributed by atoms with E-state index >= 15 is 0 Å². The fourth-order valence-electron chi connectivity index (χ4n) is 5.84. The minimum Gasteiger partial charge on any atom is -0.377 e. The molecule has 5 heteroatoms. The van der Waals surface area contributed by atoms with Gasteiger partial charge in [-0.2, -0.15) is 0 Å². The van der Waals surface area contributed by atoms with E-state index in [1.54, 1.807) is 0 Å². The summed E-state index contributed by atoms with van der Waals surface area (Å²) >= 11 is 0. The minimum absolute atomic E-state index is 0. The molecule has 0 bridgehead atoms. The molecule has 26 heavy (non-hydrogen) atoms. The number of nitrogens with one attached hydrogen (secondary N) is 1. The summed E-state index contributed by atoms with van der Waals surface area (Å²) in [7, 11) is 1.94. The first kappa shape index (κ1) is 18.5. The molecule has 2 aliphatic heterocycles. The van der Waals surface area contributed by atoms with Crippen molar-refractivity contribution in [3.8, 4) is 0 Å². The van der Waals surface area contributed by atoms with Crippen molar-refractivity contribution < 1.29 is 4.74 Å². The zero-order valence-electron chi connectivity index (χ0n) is 15.6. The predicted molar refractivity (Wildman–Crippen MR) is 115 cm³/mol. The van der Waals surface area contributed by atoms with Gasteiger partial charge in [0.1, 0.15) is 0 Å². The molecule has 4 nitrogen and oxygen atoms in total. The number of benzene rings is 1. The largest absolute Gasteiger partial charge is 0.377 e. The number of ether oxygens (including phenoxy) is 1. The minimum atomic E-state index is 0. The molecule has 142 valence electrons. The maximum atomic E-state index is 6.06. The molecule has 4 atom stereocenters. The summed E-state index contributed by atoms with van der Waals surface area (Å²) in [6, 6.07) is 11.5. The number of nitrogens with zero attached hydrogens (tertiary/aromatic N) is 2. The maximum Gasteiger partial charge on any atom is 0.193 e. The second-order valence-electron chi connectivity index (χ2n) is 8.34. The number of fused-ring (bicyclic) bond motifs is 2. The van der Waals surface area contributed by atoms with Crippen molar-refractivity contribution in [2.45, 2.75) is 50.2 Å². The summed E-state index contributed by atoms with van der Waals surface area (Å²) in [4.78, 5) is 7.11. The number of rotatable bonds is 2. The van der Waals surface area contributed by atoms with Crippen LogP contribution in [0.4, 0.5) is 0 Å². The fourth-order valence-corrected chi connectivity index (χ4v) is 5.84. The van der Waals surface area contributed by atoms with Gasteiger partial charge in [-0.1, -0.05) is 36.8 Å². The summed E-state index contributed by atoms with van der Waals surface area (Å²) in [6.45, 7) is 3.13. The first-order valence-electron chi connectivity index (χ1n) is 9.97. The summed E-state index contributed by atoms with van der Waals surface area (Å²) in [5.74, 6) is 2.44. The van der Waals surface area contributed by atoms with Crippen LogP contribution in [0.1, 0.15) is 43.6 Å². The lowest BCUT2D eigenvalue weighted by Crippen LogP contribution is -2.72. The lowest BCUT2D eigenvalue weighted by atomic mass is 9.46. The lowest BCUT2D eigenvalue weighted by molar-refractivity contribution is -0.171.